The van der Waals surface area contributed by atoms with Gasteiger partial charge in [-0.05, 0) is 0 Å². The SMILES string of the molecule is O=S(=O)(F)n1ccnc1-c1ccccc1. The minimum absolute atomic E-state index is 0.0677. The van der Waals surface area contributed by atoms with Crippen LogP contribution in [0.3, 0.4) is 0 Å². The Kier molecular flexibility index (Phi) is 2.28. The number of hydrogen-bond acceptors (Lipinski definition) is 3. The topological polar surface area (TPSA) is 52.0 Å². The lowest BCUT2D eigenvalue weighted by atomic mass is 10.2. The minimum atomic E-state index is -4.78. The lowest BCUT2D eigenvalue weighted by Gasteiger charge is -2.01. The van der Waals surface area contributed by atoms with Crippen LogP contribution in [-0.4, -0.2) is 17.4 Å². The molecule has 15 heavy (non-hydrogen) atoms. The van der Waals surface area contributed by atoms with Crippen LogP contribution in [0.4, 0.5) is 3.89 Å². The van der Waals surface area contributed by atoms with Gasteiger partial charge in [0.15, 0.2) is 5.82 Å². The Bertz CT molecular complexity index is 563. The van der Waals surface area contributed by atoms with Crippen molar-refractivity contribution in [2.24, 2.45) is 0 Å². The van der Waals surface area contributed by atoms with Gasteiger partial charge in [0.25, 0.3) is 0 Å². The maximum atomic E-state index is 12.8. The van der Waals surface area contributed by atoms with E-state index in [1.165, 1.54) is 6.20 Å². The number of halogens is 1. The Balaban J connectivity index is 2.61. The fraction of sp³-hybridized carbons (Fsp3) is 0. The van der Waals surface area contributed by atoms with Gasteiger partial charge in [-0.2, -0.15) is 8.42 Å². The van der Waals surface area contributed by atoms with Crippen molar-refractivity contribution in [1.29, 1.82) is 0 Å². The predicted molar refractivity (Wildman–Crippen MR) is 53.1 cm³/mol. The Morgan fingerprint density at radius 3 is 2.47 bits per heavy atom. The van der Waals surface area contributed by atoms with Gasteiger partial charge in [0, 0.05) is 18.0 Å². The average molecular weight is 226 g/mol. The number of benzene rings is 1. The molecular formula is C9H7FN2O2S. The molecule has 0 atom stereocenters. The second kappa shape index (κ2) is 3.47. The first-order valence-electron chi connectivity index (χ1n) is 4.13. The summed E-state index contributed by atoms with van der Waals surface area (Å²) in [6, 6.07) is 8.53. The van der Waals surface area contributed by atoms with E-state index in [1.54, 1.807) is 30.3 Å². The third kappa shape index (κ3) is 1.89. The smallest absolute Gasteiger partial charge is 0.236 e. The highest BCUT2D eigenvalue weighted by Gasteiger charge is 2.16. The summed E-state index contributed by atoms with van der Waals surface area (Å²) in [6.07, 6.45) is 2.30. The van der Waals surface area contributed by atoms with Crippen LogP contribution < -0.4 is 0 Å². The fourth-order valence-corrected chi connectivity index (χ4v) is 1.82. The summed E-state index contributed by atoms with van der Waals surface area (Å²) in [4.78, 5) is 3.80. The molecular weight excluding hydrogens is 219 g/mol. The van der Waals surface area contributed by atoms with Crippen molar-refractivity contribution in [2.75, 3.05) is 0 Å². The van der Waals surface area contributed by atoms with E-state index in [9.17, 15) is 12.3 Å². The predicted octanol–water partition coefficient (Wildman–Crippen LogP) is 1.61. The molecule has 0 aliphatic rings. The third-order valence-electron chi connectivity index (χ3n) is 1.87. The maximum absolute atomic E-state index is 12.8. The molecule has 2 aromatic rings. The molecule has 0 amide bonds. The van der Waals surface area contributed by atoms with Gasteiger partial charge in [-0.15, -0.1) is 0 Å². The van der Waals surface area contributed by atoms with Crippen LogP contribution in [0.5, 0.6) is 0 Å². The van der Waals surface area contributed by atoms with Crippen LogP contribution in [0.2, 0.25) is 0 Å². The monoisotopic (exact) mass is 226 g/mol. The van der Waals surface area contributed by atoms with Gasteiger partial charge in [0.05, 0.1) is 0 Å². The Hall–Kier alpha value is -1.69. The van der Waals surface area contributed by atoms with Crippen LogP contribution in [-0.2, 0) is 10.4 Å². The molecule has 0 aliphatic carbocycles. The summed E-state index contributed by atoms with van der Waals surface area (Å²) in [5, 5.41) is 0. The van der Waals surface area contributed by atoms with E-state index in [0.717, 1.165) is 6.20 Å². The number of hydrogen-bond donors (Lipinski definition) is 0. The molecule has 0 unspecified atom stereocenters. The summed E-state index contributed by atoms with van der Waals surface area (Å²) in [5.41, 5.74) is 0.545. The molecule has 0 aliphatic heterocycles. The van der Waals surface area contributed by atoms with Gasteiger partial charge in [-0.25, -0.2) is 8.96 Å². The Morgan fingerprint density at radius 1 is 1.20 bits per heavy atom. The minimum Gasteiger partial charge on any atom is -0.236 e. The molecule has 0 radical (unpaired) electrons. The van der Waals surface area contributed by atoms with Crippen molar-refractivity contribution in [3.05, 3.63) is 42.7 Å². The van der Waals surface area contributed by atoms with Crippen molar-refractivity contribution >= 4 is 10.4 Å². The lowest BCUT2D eigenvalue weighted by Crippen LogP contribution is -2.06. The second-order valence-electron chi connectivity index (χ2n) is 2.85. The first kappa shape index (κ1) is 9.85. The Morgan fingerprint density at radius 2 is 1.87 bits per heavy atom. The van der Waals surface area contributed by atoms with Gasteiger partial charge in [-0.1, -0.05) is 34.2 Å². The first-order valence-corrected chi connectivity index (χ1v) is 5.47. The van der Waals surface area contributed by atoms with Gasteiger partial charge in [0.2, 0.25) is 0 Å². The van der Waals surface area contributed by atoms with Crippen LogP contribution in [0.25, 0.3) is 11.4 Å². The normalized spacial score (nSPS) is 11.5. The van der Waals surface area contributed by atoms with Gasteiger partial charge in [-0.3, -0.25) is 0 Å². The third-order valence-corrected chi connectivity index (χ3v) is 2.64. The van der Waals surface area contributed by atoms with E-state index in [-0.39, 0.29) is 5.82 Å². The van der Waals surface area contributed by atoms with E-state index < -0.39 is 10.4 Å². The Labute approximate surface area is 86.3 Å². The maximum Gasteiger partial charge on any atom is 0.404 e. The summed E-state index contributed by atoms with van der Waals surface area (Å²) >= 11 is 0. The van der Waals surface area contributed by atoms with E-state index in [0.29, 0.717) is 9.54 Å². The van der Waals surface area contributed by atoms with Crippen LogP contribution >= 0.6 is 0 Å². The lowest BCUT2D eigenvalue weighted by molar-refractivity contribution is 0.542. The summed E-state index contributed by atoms with van der Waals surface area (Å²) in [5.74, 6) is 0.0677. The molecule has 0 bridgehead atoms. The zero-order chi connectivity index (χ0) is 10.9. The number of aromatic nitrogens is 2. The largest absolute Gasteiger partial charge is 0.404 e. The first-order chi connectivity index (χ1) is 7.09. The second-order valence-corrected chi connectivity index (χ2v) is 4.07. The molecule has 0 N–H and O–H groups in total. The van der Waals surface area contributed by atoms with Crippen molar-refractivity contribution in [3.8, 4) is 11.4 Å². The average Bonchev–Trinajstić information content (AvgIpc) is 2.67. The molecule has 0 saturated heterocycles. The van der Waals surface area contributed by atoms with Crippen molar-refractivity contribution in [1.82, 2.24) is 8.96 Å². The highest BCUT2D eigenvalue weighted by atomic mass is 32.3. The molecule has 1 aromatic heterocycles. The summed E-state index contributed by atoms with van der Waals surface area (Å²) < 4.78 is 34.8. The van der Waals surface area contributed by atoms with Gasteiger partial charge < -0.3 is 0 Å². The van der Waals surface area contributed by atoms with Crippen molar-refractivity contribution in [2.45, 2.75) is 0 Å². The van der Waals surface area contributed by atoms with Crippen LogP contribution in [0, 0.1) is 0 Å². The van der Waals surface area contributed by atoms with E-state index in [2.05, 4.69) is 4.98 Å². The molecule has 0 saturated carbocycles. The number of imidazole rings is 1. The van der Waals surface area contributed by atoms with E-state index in [4.69, 9.17) is 0 Å². The summed E-state index contributed by atoms with van der Waals surface area (Å²) in [6.45, 7) is 0. The molecule has 4 nitrogen and oxygen atoms in total. The standard InChI is InChI=1S/C9H7FN2O2S/c10-15(13,14)12-7-6-11-9(12)8-4-2-1-3-5-8/h1-7H. The molecule has 1 heterocycles. The van der Waals surface area contributed by atoms with Crippen molar-refractivity contribution in [3.63, 3.8) is 0 Å². The fourth-order valence-electron chi connectivity index (χ4n) is 1.26. The quantitative estimate of drug-likeness (QED) is 0.731. The van der Waals surface area contributed by atoms with Gasteiger partial charge >= 0.3 is 10.4 Å². The molecule has 1 aromatic carbocycles. The zero-order valence-electron chi connectivity index (χ0n) is 7.54. The molecule has 0 fully saturated rings. The molecule has 2 rings (SSSR count). The van der Waals surface area contributed by atoms with Gasteiger partial charge in [0.1, 0.15) is 0 Å². The van der Waals surface area contributed by atoms with E-state index >= 15 is 0 Å². The molecule has 78 valence electrons. The number of rotatable bonds is 2. The summed E-state index contributed by atoms with van der Waals surface area (Å²) in [7, 11) is -4.78. The molecule has 6 heteroatoms. The van der Waals surface area contributed by atoms with E-state index in [1.807, 2.05) is 0 Å². The highest BCUT2D eigenvalue weighted by Crippen LogP contribution is 2.18. The molecule has 0 spiro atoms. The number of nitrogens with zero attached hydrogens (tertiary/aromatic N) is 2. The highest BCUT2D eigenvalue weighted by molar-refractivity contribution is 7.84. The zero-order valence-corrected chi connectivity index (χ0v) is 8.36. The van der Waals surface area contributed by atoms with Crippen molar-refractivity contribution < 1.29 is 12.3 Å². The van der Waals surface area contributed by atoms with Crippen LogP contribution in [0.15, 0.2) is 42.7 Å². The van der Waals surface area contributed by atoms with Crippen LogP contribution in [0.1, 0.15) is 0 Å².